The molecule has 0 radical (unpaired) electrons. The van der Waals surface area contributed by atoms with Crippen LogP contribution >= 0.6 is 11.6 Å². The van der Waals surface area contributed by atoms with Crippen LogP contribution in [0.25, 0.3) is 11.1 Å². The molecule has 2 aromatic heterocycles. The lowest BCUT2D eigenvalue weighted by Gasteiger charge is -2.57. The van der Waals surface area contributed by atoms with Crippen LogP contribution in [-0.2, 0) is 40.0 Å². The monoisotopic (exact) mass is 706 g/mol. The molecule has 51 heavy (non-hydrogen) atoms. The van der Waals surface area contributed by atoms with Gasteiger partial charge in [-0.25, -0.2) is 9.97 Å². The third-order valence-electron chi connectivity index (χ3n) is 12.9. The molecule has 4 aromatic rings. The maximum absolute atomic E-state index is 13.8. The molecule has 0 unspecified atom stereocenters. The number of rotatable bonds is 6. The molecule has 11 heteroatoms. The summed E-state index contributed by atoms with van der Waals surface area (Å²) in [6, 6.07) is 12.1. The third-order valence-corrected chi connectivity index (χ3v) is 13.3. The van der Waals surface area contributed by atoms with Crippen molar-refractivity contribution in [3.05, 3.63) is 81.4 Å². The molecule has 266 valence electrons. The average Bonchev–Trinajstić information content (AvgIpc) is 3.61. The second-order valence-electron chi connectivity index (χ2n) is 16.0. The zero-order chi connectivity index (χ0) is 35.1. The quantitative estimate of drug-likeness (QED) is 0.239. The Bertz CT molecular complexity index is 2040. The van der Waals surface area contributed by atoms with Gasteiger partial charge in [0.15, 0.2) is 11.6 Å². The van der Waals surface area contributed by atoms with Crippen molar-refractivity contribution >= 4 is 34.8 Å². The lowest BCUT2D eigenvalue weighted by Crippen LogP contribution is -2.56. The fraction of sp³-hybridized carbons (Fsp3) is 0.500. The average molecular weight is 707 g/mol. The van der Waals surface area contributed by atoms with Gasteiger partial charge in [0, 0.05) is 81.8 Å². The molecule has 2 N–H and O–H groups in total. The zero-order valence-electron chi connectivity index (χ0n) is 30.0. The molecule has 10 nitrogen and oxygen atoms in total. The Morgan fingerprint density at radius 3 is 1.92 bits per heavy atom. The van der Waals surface area contributed by atoms with E-state index in [0.717, 1.165) is 96.5 Å². The highest BCUT2D eigenvalue weighted by atomic mass is 35.5. The van der Waals surface area contributed by atoms with E-state index in [1.54, 1.807) is 6.07 Å². The van der Waals surface area contributed by atoms with Gasteiger partial charge in [-0.1, -0.05) is 35.9 Å². The van der Waals surface area contributed by atoms with E-state index in [2.05, 4.69) is 32.5 Å². The molecule has 4 saturated carbocycles. The van der Waals surface area contributed by atoms with E-state index in [4.69, 9.17) is 16.6 Å². The summed E-state index contributed by atoms with van der Waals surface area (Å²) in [7, 11) is 5.93. The molecule has 0 saturated heterocycles. The highest BCUT2D eigenvalue weighted by Crippen LogP contribution is 2.55. The number of benzene rings is 2. The minimum Gasteiger partial charge on any atom is -0.327 e. The number of hydrogen-bond donors (Lipinski definition) is 2. The fourth-order valence-electron chi connectivity index (χ4n) is 10.6. The number of aromatic nitrogens is 4. The predicted molar refractivity (Wildman–Crippen MR) is 199 cm³/mol. The van der Waals surface area contributed by atoms with E-state index in [-0.39, 0.29) is 11.8 Å². The van der Waals surface area contributed by atoms with Crippen molar-refractivity contribution in [3.8, 4) is 11.1 Å². The second-order valence-corrected chi connectivity index (χ2v) is 16.3. The van der Waals surface area contributed by atoms with E-state index < -0.39 is 0 Å². The Morgan fingerprint density at radius 1 is 0.725 bits per heavy atom. The highest BCUT2D eigenvalue weighted by Gasteiger charge is 2.50. The van der Waals surface area contributed by atoms with Gasteiger partial charge in [-0.2, -0.15) is 0 Å². The third kappa shape index (κ3) is 5.61. The summed E-state index contributed by atoms with van der Waals surface area (Å²) in [5.74, 6) is 3.89. The first-order valence-electron chi connectivity index (χ1n) is 18.7. The minimum atomic E-state index is -0.301. The second kappa shape index (κ2) is 12.6. The number of anilines is 2. The van der Waals surface area contributed by atoms with Crippen LogP contribution in [0.4, 0.5) is 11.4 Å². The van der Waals surface area contributed by atoms with Crippen LogP contribution < -0.4 is 10.6 Å². The van der Waals surface area contributed by atoms with Crippen LogP contribution in [0.1, 0.15) is 81.7 Å². The van der Waals surface area contributed by atoms with E-state index in [0.29, 0.717) is 34.1 Å². The smallest absolute Gasteiger partial charge is 0.291 e. The number of likely N-dealkylation sites (N-methyl/N-ethyl adjacent to an activating group) is 1. The van der Waals surface area contributed by atoms with Gasteiger partial charge in [0.1, 0.15) is 0 Å². The standard InChI is InChI=1S/C40H47ClN8O2/c1-22-27(28-8-6-10-30(35(28)41)45-40(51)38-42-31-20-46(2)13-11-33(31)47(38)3)7-5-9-29(22)44-39(50)37-43-32-21-49(14-12-34(32)48(37)4)36-25-16-23-15-24(18-25)19-26(36)17-23/h5-10,23-26,36H,11-21H2,1-4H3,(H,44,50)(H,45,51). The molecule has 10 rings (SSSR count). The molecule has 2 aromatic carbocycles. The summed E-state index contributed by atoms with van der Waals surface area (Å²) in [5, 5.41) is 6.59. The molecule has 0 atom stereocenters. The molecule has 4 fully saturated rings. The Labute approximate surface area is 304 Å². The first-order valence-corrected chi connectivity index (χ1v) is 19.0. The number of nitrogens with zero attached hydrogens (tertiary/aromatic N) is 6. The summed E-state index contributed by atoms with van der Waals surface area (Å²) in [6.45, 7) is 5.52. The Balaban J connectivity index is 0.921. The fourth-order valence-corrected chi connectivity index (χ4v) is 10.9. The summed E-state index contributed by atoms with van der Waals surface area (Å²) in [5.41, 5.74) is 7.98. The van der Waals surface area contributed by atoms with Crippen molar-refractivity contribution < 1.29 is 9.59 Å². The number of nitrogens with one attached hydrogen (secondary N) is 2. The molecule has 6 aliphatic rings. The number of fused-ring (bicyclic) bond motifs is 2. The number of amides is 2. The van der Waals surface area contributed by atoms with E-state index >= 15 is 0 Å². The van der Waals surface area contributed by atoms with Crippen molar-refractivity contribution in [3.63, 3.8) is 0 Å². The maximum Gasteiger partial charge on any atom is 0.291 e. The predicted octanol–water partition coefficient (Wildman–Crippen LogP) is 6.46. The van der Waals surface area contributed by atoms with Crippen molar-refractivity contribution in [1.29, 1.82) is 0 Å². The zero-order valence-corrected chi connectivity index (χ0v) is 30.8. The Hall–Kier alpha value is -3.99. The van der Waals surface area contributed by atoms with Gasteiger partial charge >= 0.3 is 0 Å². The summed E-state index contributed by atoms with van der Waals surface area (Å²) in [4.78, 5) is 41.8. The van der Waals surface area contributed by atoms with Gasteiger partial charge in [-0.15, -0.1) is 0 Å². The van der Waals surface area contributed by atoms with Gasteiger partial charge in [-0.3, -0.25) is 14.5 Å². The SMILES string of the molecule is Cc1c(NC(=O)c2nc3c(n2C)CCN(C2C4CC5CC(C4)CC2C5)C3)cccc1-c1cccc(NC(=O)c2nc3c(n2C)CCN(C)C3)c1Cl. The lowest BCUT2D eigenvalue weighted by molar-refractivity contribution is -0.0701. The Morgan fingerprint density at radius 2 is 1.27 bits per heavy atom. The van der Waals surface area contributed by atoms with Crippen molar-refractivity contribution in [2.75, 3.05) is 30.8 Å². The van der Waals surface area contributed by atoms with Crippen LogP contribution in [0.2, 0.25) is 5.02 Å². The maximum atomic E-state index is 13.8. The van der Waals surface area contributed by atoms with Gasteiger partial charge in [0.05, 0.1) is 22.1 Å². The van der Waals surface area contributed by atoms with E-state index in [1.165, 1.54) is 37.8 Å². The minimum absolute atomic E-state index is 0.218. The van der Waals surface area contributed by atoms with Crippen LogP contribution in [0, 0.1) is 30.6 Å². The van der Waals surface area contributed by atoms with Crippen LogP contribution in [0.15, 0.2) is 36.4 Å². The lowest BCUT2D eigenvalue weighted by atomic mass is 9.53. The summed E-state index contributed by atoms with van der Waals surface area (Å²) in [6.07, 6.45) is 8.88. The molecule has 4 bridgehead atoms. The number of halogens is 1. The molecule has 4 heterocycles. The van der Waals surface area contributed by atoms with Gasteiger partial charge in [0.2, 0.25) is 0 Å². The molecular formula is C40H47ClN8O2. The number of carbonyl (C=O) groups excluding carboxylic acids is 2. The first kappa shape index (κ1) is 32.9. The van der Waals surface area contributed by atoms with Crippen molar-refractivity contribution in [2.24, 2.45) is 37.8 Å². The summed E-state index contributed by atoms with van der Waals surface area (Å²) < 4.78 is 3.89. The number of imidazole rings is 2. The van der Waals surface area contributed by atoms with Crippen molar-refractivity contribution in [1.82, 2.24) is 28.9 Å². The molecular weight excluding hydrogens is 660 g/mol. The van der Waals surface area contributed by atoms with Gasteiger partial charge in [-0.05, 0) is 93.0 Å². The normalized spacial score (nSPS) is 25.5. The highest BCUT2D eigenvalue weighted by molar-refractivity contribution is 6.36. The largest absolute Gasteiger partial charge is 0.327 e. The van der Waals surface area contributed by atoms with Crippen LogP contribution in [-0.4, -0.2) is 66.9 Å². The molecule has 0 spiro atoms. The van der Waals surface area contributed by atoms with Crippen molar-refractivity contribution in [2.45, 2.75) is 71.0 Å². The van der Waals surface area contributed by atoms with Crippen LogP contribution in [0.5, 0.6) is 0 Å². The number of carbonyl (C=O) groups is 2. The van der Waals surface area contributed by atoms with Gasteiger partial charge < -0.3 is 24.7 Å². The molecule has 2 aliphatic heterocycles. The molecule has 4 aliphatic carbocycles. The first-order chi connectivity index (χ1) is 24.6. The Kier molecular flexibility index (Phi) is 8.12. The van der Waals surface area contributed by atoms with Crippen LogP contribution in [0.3, 0.4) is 0 Å². The topological polar surface area (TPSA) is 100 Å². The van der Waals surface area contributed by atoms with Gasteiger partial charge in [0.25, 0.3) is 11.8 Å². The number of hydrogen-bond acceptors (Lipinski definition) is 6. The molecule has 2 amide bonds. The van der Waals surface area contributed by atoms with E-state index in [1.807, 2.05) is 60.5 Å². The summed E-state index contributed by atoms with van der Waals surface area (Å²) >= 11 is 6.99. The van der Waals surface area contributed by atoms with E-state index in [9.17, 15) is 9.59 Å².